The van der Waals surface area contributed by atoms with Crippen LogP contribution in [0.5, 0.6) is 0 Å². The SMILES string of the molecule is C[C@@H]1CCc2c(C(=O)NC[C@H]3CC[C@@H](C(=O)N(C)C)O3)csc2C1. The molecule has 1 saturated heterocycles. The van der Waals surface area contributed by atoms with Gasteiger partial charge in [0, 0.05) is 30.9 Å². The fourth-order valence-electron chi connectivity index (χ4n) is 3.50. The monoisotopic (exact) mass is 350 g/mol. The molecule has 3 rings (SSSR count). The first kappa shape index (κ1) is 17.4. The van der Waals surface area contributed by atoms with Crippen LogP contribution in [-0.2, 0) is 22.4 Å². The second-order valence-electron chi connectivity index (χ2n) is 7.17. The summed E-state index contributed by atoms with van der Waals surface area (Å²) < 4.78 is 5.78. The highest BCUT2D eigenvalue weighted by Crippen LogP contribution is 2.32. The molecule has 24 heavy (non-hydrogen) atoms. The minimum atomic E-state index is -0.364. The van der Waals surface area contributed by atoms with Gasteiger partial charge in [-0.25, -0.2) is 0 Å². The quantitative estimate of drug-likeness (QED) is 0.906. The maximum absolute atomic E-state index is 12.5. The average Bonchev–Trinajstić information content (AvgIpc) is 3.18. The number of carbonyl (C=O) groups is 2. The molecule has 3 atom stereocenters. The molecule has 6 heteroatoms. The normalized spacial score (nSPS) is 26.0. The highest BCUT2D eigenvalue weighted by atomic mass is 32.1. The van der Waals surface area contributed by atoms with Crippen LogP contribution in [0.2, 0.25) is 0 Å². The molecule has 0 unspecified atom stereocenters. The van der Waals surface area contributed by atoms with Crippen molar-refractivity contribution in [3.63, 3.8) is 0 Å². The fraction of sp³-hybridized carbons (Fsp3) is 0.667. The molecule has 0 radical (unpaired) electrons. The van der Waals surface area contributed by atoms with E-state index < -0.39 is 0 Å². The van der Waals surface area contributed by atoms with Crippen molar-refractivity contribution in [1.82, 2.24) is 10.2 Å². The van der Waals surface area contributed by atoms with Crippen molar-refractivity contribution < 1.29 is 14.3 Å². The van der Waals surface area contributed by atoms with Crippen LogP contribution < -0.4 is 5.32 Å². The van der Waals surface area contributed by atoms with Crippen LogP contribution in [0.25, 0.3) is 0 Å². The molecule has 0 spiro atoms. The third-order valence-electron chi connectivity index (χ3n) is 4.96. The number of amides is 2. The molecular formula is C18H26N2O3S. The van der Waals surface area contributed by atoms with Crippen molar-refractivity contribution in [2.75, 3.05) is 20.6 Å². The van der Waals surface area contributed by atoms with E-state index in [1.54, 1.807) is 30.3 Å². The number of hydrogen-bond donors (Lipinski definition) is 1. The van der Waals surface area contributed by atoms with Gasteiger partial charge in [-0.2, -0.15) is 0 Å². The Labute approximate surface area is 147 Å². The highest BCUT2D eigenvalue weighted by Gasteiger charge is 2.32. The first-order chi connectivity index (χ1) is 11.5. The fourth-order valence-corrected chi connectivity index (χ4v) is 4.74. The maximum atomic E-state index is 12.5. The molecule has 2 amide bonds. The van der Waals surface area contributed by atoms with E-state index in [0.29, 0.717) is 12.5 Å². The summed E-state index contributed by atoms with van der Waals surface area (Å²) in [6.45, 7) is 2.74. The number of thiophene rings is 1. The molecule has 0 saturated carbocycles. The molecule has 2 aliphatic rings. The van der Waals surface area contributed by atoms with E-state index in [2.05, 4.69) is 12.2 Å². The molecule has 1 N–H and O–H groups in total. The van der Waals surface area contributed by atoms with Crippen LogP contribution in [0.3, 0.4) is 0 Å². The zero-order valence-corrected chi connectivity index (χ0v) is 15.4. The Balaban J connectivity index is 1.53. The van der Waals surface area contributed by atoms with E-state index in [9.17, 15) is 9.59 Å². The molecule has 1 fully saturated rings. The summed E-state index contributed by atoms with van der Waals surface area (Å²) in [6, 6.07) is 0. The largest absolute Gasteiger partial charge is 0.363 e. The van der Waals surface area contributed by atoms with Crippen LogP contribution in [-0.4, -0.2) is 49.6 Å². The lowest BCUT2D eigenvalue weighted by molar-refractivity contribution is -0.140. The molecule has 132 valence electrons. The number of carbonyl (C=O) groups excluding carboxylic acids is 2. The van der Waals surface area contributed by atoms with Crippen molar-refractivity contribution in [3.05, 3.63) is 21.4 Å². The summed E-state index contributed by atoms with van der Waals surface area (Å²) in [4.78, 5) is 27.3. The summed E-state index contributed by atoms with van der Waals surface area (Å²) in [5.41, 5.74) is 2.07. The third-order valence-corrected chi connectivity index (χ3v) is 6.01. The zero-order valence-electron chi connectivity index (χ0n) is 14.6. The van der Waals surface area contributed by atoms with Gasteiger partial charge < -0.3 is 15.0 Å². The smallest absolute Gasteiger partial charge is 0.252 e. The van der Waals surface area contributed by atoms with Gasteiger partial charge in [-0.3, -0.25) is 9.59 Å². The van der Waals surface area contributed by atoms with Gasteiger partial charge in [0.15, 0.2) is 0 Å². The average molecular weight is 350 g/mol. The van der Waals surface area contributed by atoms with Crippen molar-refractivity contribution in [2.24, 2.45) is 5.92 Å². The number of rotatable bonds is 4. The number of likely N-dealkylation sites (N-methyl/N-ethyl adjacent to an activating group) is 1. The Morgan fingerprint density at radius 3 is 2.88 bits per heavy atom. The first-order valence-corrected chi connectivity index (χ1v) is 9.57. The van der Waals surface area contributed by atoms with Gasteiger partial charge in [-0.05, 0) is 43.6 Å². The van der Waals surface area contributed by atoms with E-state index in [1.165, 1.54) is 10.4 Å². The van der Waals surface area contributed by atoms with Gasteiger partial charge in [0.05, 0.1) is 11.7 Å². The van der Waals surface area contributed by atoms with Crippen molar-refractivity contribution in [1.29, 1.82) is 0 Å². The Bertz CT molecular complexity index is 626. The van der Waals surface area contributed by atoms with E-state index in [-0.39, 0.29) is 24.0 Å². The highest BCUT2D eigenvalue weighted by molar-refractivity contribution is 7.10. The van der Waals surface area contributed by atoms with Gasteiger partial charge in [-0.15, -0.1) is 11.3 Å². The lowest BCUT2D eigenvalue weighted by atomic mass is 9.88. The summed E-state index contributed by atoms with van der Waals surface area (Å²) in [6.07, 6.45) is 4.35. The number of fused-ring (bicyclic) bond motifs is 1. The van der Waals surface area contributed by atoms with Crippen molar-refractivity contribution >= 4 is 23.2 Å². The molecule has 0 aromatic carbocycles. The van der Waals surface area contributed by atoms with Crippen LogP contribution in [0.1, 0.15) is 47.0 Å². The van der Waals surface area contributed by atoms with E-state index >= 15 is 0 Å². The molecule has 1 aromatic rings. The van der Waals surface area contributed by atoms with Crippen molar-refractivity contribution in [2.45, 2.75) is 51.2 Å². The Morgan fingerprint density at radius 2 is 2.12 bits per heavy atom. The summed E-state index contributed by atoms with van der Waals surface area (Å²) >= 11 is 1.71. The zero-order chi connectivity index (χ0) is 17.3. The van der Waals surface area contributed by atoms with Crippen LogP contribution in [0.15, 0.2) is 5.38 Å². The Hall–Kier alpha value is -1.40. The number of nitrogens with zero attached hydrogens (tertiary/aromatic N) is 1. The van der Waals surface area contributed by atoms with Crippen LogP contribution >= 0.6 is 11.3 Å². The van der Waals surface area contributed by atoms with Gasteiger partial charge in [-0.1, -0.05) is 6.92 Å². The minimum Gasteiger partial charge on any atom is -0.363 e. The molecule has 1 aromatic heterocycles. The topological polar surface area (TPSA) is 58.6 Å². The van der Waals surface area contributed by atoms with E-state index in [1.807, 2.05) is 5.38 Å². The van der Waals surface area contributed by atoms with Crippen molar-refractivity contribution in [3.8, 4) is 0 Å². The number of nitrogens with one attached hydrogen (secondary N) is 1. The van der Waals surface area contributed by atoms with Crippen LogP contribution in [0, 0.1) is 5.92 Å². The van der Waals surface area contributed by atoms with E-state index in [0.717, 1.165) is 37.7 Å². The van der Waals surface area contributed by atoms with Gasteiger partial charge in [0.1, 0.15) is 6.10 Å². The third kappa shape index (κ3) is 3.64. The van der Waals surface area contributed by atoms with Gasteiger partial charge in [0.2, 0.25) is 0 Å². The Kier molecular flexibility index (Phi) is 5.25. The summed E-state index contributed by atoms with van der Waals surface area (Å²) in [7, 11) is 3.47. The molecule has 5 nitrogen and oxygen atoms in total. The molecule has 2 heterocycles. The number of ether oxygens (including phenoxy) is 1. The molecule has 1 aliphatic heterocycles. The van der Waals surface area contributed by atoms with Gasteiger partial charge >= 0.3 is 0 Å². The second-order valence-corrected chi connectivity index (χ2v) is 8.13. The predicted octanol–water partition coefficient (Wildman–Crippen LogP) is 2.24. The predicted molar refractivity (Wildman–Crippen MR) is 94.4 cm³/mol. The standard InChI is InChI=1S/C18H26N2O3S/c1-11-4-6-13-14(10-24-16(13)8-11)17(21)19-9-12-5-7-15(23-12)18(22)20(2)3/h10-12,15H,4-9H2,1-3H3,(H,19,21)/t11-,12-,15+/m1/s1. The van der Waals surface area contributed by atoms with Crippen LogP contribution in [0.4, 0.5) is 0 Å². The molecular weight excluding hydrogens is 324 g/mol. The maximum Gasteiger partial charge on any atom is 0.252 e. The van der Waals surface area contributed by atoms with Gasteiger partial charge in [0.25, 0.3) is 11.8 Å². The summed E-state index contributed by atoms with van der Waals surface area (Å²) in [5, 5.41) is 4.99. The molecule has 0 bridgehead atoms. The second kappa shape index (κ2) is 7.23. The lowest BCUT2D eigenvalue weighted by Crippen LogP contribution is -2.36. The number of hydrogen-bond acceptors (Lipinski definition) is 4. The molecule has 1 aliphatic carbocycles. The van der Waals surface area contributed by atoms with E-state index in [4.69, 9.17) is 4.74 Å². The summed E-state index contributed by atoms with van der Waals surface area (Å²) in [5.74, 6) is 0.711. The lowest BCUT2D eigenvalue weighted by Gasteiger charge is -2.19. The Morgan fingerprint density at radius 1 is 1.33 bits per heavy atom. The first-order valence-electron chi connectivity index (χ1n) is 8.69. The minimum absolute atomic E-state index is 0.00449.